The van der Waals surface area contributed by atoms with Crippen molar-refractivity contribution in [3.63, 3.8) is 0 Å². The highest BCUT2D eigenvalue weighted by atomic mass is 16.5. The van der Waals surface area contributed by atoms with Crippen molar-refractivity contribution in [2.75, 3.05) is 7.11 Å². The van der Waals surface area contributed by atoms with Crippen LogP contribution in [0.2, 0.25) is 0 Å². The van der Waals surface area contributed by atoms with Crippen LogP contribution in [0.1, 0.15) is 41.9 Å². The van der Waals surface area contributed by atoms with Crippen LogP contribution >= 0.6 is 0 Å². The normalized spacial score (nSPS) is 18.2. The van der Waals surface area contributed by atoms with E-state index in [0.29, 0.717) is 18.1 Å². The molecule has 1 amide bonds. The second kappa shape index (κ2) is 8.58. The molecule has 0 aliphatic heterocycles. The Morgan fingerprint density at radius 1 is 1.32 bits per heavy atom. The second-order valence-corrected chi connectivity index (χ2v) is 7.59. The van der Waals surface area contributed by atoms with Gasteiger partial charge in [-0.15, -0.1) is 5.10 Å². The maximum Gasteiger partial charge on any atom is 0.437 e. The molecule has 2 aromatic heterocycles. The lowest BCUT2D eigenvalue weighted by molar-refractivity contribution is -0.115. The lowest BCUT2D eigenvalue weighted by atomic mass is 9.76. The molecule has 0 unspecified atom stereocenters. The van der Waals surface area contributed by atoms with E-state index >= 15 is 0 Å². The van der Waals surface area contributed by atoms with Gasteiger partial charge < -0.3 is 13.7 Å². The van der Waals surface area contributed by atoms with Crippen molar-refractivity contribution in [3.05, 3.63) is 58.3 Å². The average molecular weight is 424 g/mol. The lowest BCUT2D eigenvalue weighted by Crippen LogP contribution is -2.31. The van der Waals surface area contributed by atoms with Gasteiger partial charge in [-0.05, 0) is 43.4 Å². The van der Waals surface area contributed by atoms with Crippen molar-refractivity contribution in [2.24, 2.45) is 12.0 Å². The molecule has 0 spiro atoms. The van der Waals surface area contributed by atoms with Gasteiger partial charge in [-0.3, -0.25) is 9.69 Å². The van der Waals surface area contributed by atoms with Gasteiger partial charge in [-0.1, -0.05) is 12.1 Å². The number of rotatable bonds is 8. The van der Waals surface area contributed by atoms with Gasteiger partial charge in [0.2, 0.25) is 12.3 Å². The van der Waals surface area contributed by atoms with E-state index in [1.54, 1.807) is 13.4 Å². The molecule has 1 aromatic carbocycles. The fraction of sp³-hybridized carbons (Fsp3) is 0.381. The standard InChI is InChI=1S/C21H24N6O4/c1-14-20(22-11-25(14)2)23-12-26(13-28)10-19-24-27(21(29)31-19)17-8-16(9-17)15-4-6-18(30-3)7-5-15/h4-7,11-13,16-17H,8-10H2,1-3H3/b23-12-. The van der Waals surface area contributed by atoms with Crippen LogP contribution in [-0.4, -0.2) is 44.1 Å². The topological polar surface area (TPSA) is 108 Å². The van der Waals surface area contributed by atoms with Crippen molar-refractivity contribution >= 4 is 18.6 Å². The molecule has 31 heavy (non-hydrogen) atoms. The summed E-state index contributed by atoms with van der Waals surface area (Å²) in [5.74, 6) is 1.34. The highest BCUT2D eigenvalue weighted by molar-refractivity contribution is 5.74. The first-order chi connectivity index (χ1) is 15.0. The first-order valence-corrected chi connectivity index (χ1v) is 9.94. The molecule has 0 bridgehead atoms. The van der Waals surface area contributed by atoms with Gasteiger partial charge in [-0.25, -0.2) is 14.8 Å². The second-order valence-electron chi connectivity index (χ2n) is 7.59. The van der Waals surface area contributed by atoms with Crippen molar-refractivity contribution in [1.82, 2.24) is 24.2 Å². The molecule has 10 heteroatoms. The summed E-state index contributed by atoms with van der Waals surface area (Å²) in [5.41, 5.74) is 2.08. The van der Waals surface area contributed by atoms with Gasteiger partial charge in [-0.2, -0.15) is 4.68 Å². The van der Waals surface area contributed by atoms with E-state index in [9.17, 15) is 9.59 Å². The summed E-state index contributed by atoms with van der Waals surface area (Å²) >= 11 is 0. The van der Waals surface area contributed by atoms with Crippen LogP contribution in [-0.2, 0) is 18.4 Å². The maximum absolute atomic E-state index is 12.3. The molecule has 2 heterocycles. The van der Waals surface area contributed by atoms with Crippen LogP contribution in [0.15, 0.2) is 44.8 Å². The number of aromatic nitrogens is 4. The summed E-state index contributed by atoms with van der Waals surface area (Å²) in [6.45, 7) is 1.89. The number of methoxy groups -OCH3 is 1. The summed E-state index contributed by atoms with van der Waals surface area (Å²) in [4.78, 5) is 33.3. The molecule has 1 aliphatic rings. The number of nitrogens with zero attached hydrogens (tertiary/aromatic N) is 6. The van der Waals surface area contributed by atoms with Crippen LogP contribution in [0.4, 0.5) is 5.82 Å². The van der Waals surface area contributed by atoms with Crippen LogP contribution < -0.4 is 10.5 Å². The van der Waals surface area contributed by atoms with Gasteiger partial charge in [0, 0.05) is 7.05 Å². The quantitative estimate of drug-likeness (QED) is 0.312. The van der Waals surface area contributed by atoms with E-state index < -0.39 is 5.76 Å². The third-order valence-electron chi connectivity index (χ3n) is 5.65. The van der Waals surface area contributed by atoms with Crippen LogP contribution in [0.25, 0.3) is 0 Å². The summed E-state index contributed by atoms with van der Waals surface area (Å²) < 4.78 is 13.6. The molecular formula is C21H24N6O4. The van der Waals surface area contributed by atoms with Crippen LogP contribution in [0, 0.1) is 6.92 Å². The monoisotopic (exact) mass is 424 g/mol. The average Bonchev–Trinajstić information content (AvgIpc) is 3.26. The Balaban J connectivity index is 1.39. The van der Waals surface area contributed by atoms with Crippen LogP contribution in [0.5, 0.6) is 5.75 Å². The first-order valence-electron chi connectivity index (χ1n) is 9.94. The van der Waals surface area contributed by atoms with E-state index in [2.05, 4.69) is 15.1 Å². The maximum atomic E-state index is 12.3. The predicted molar refractivity (Wildman–Crippen MR) is 112 cm³/mol. The van der Waals surface area contributed by atoms with Crippen molar-refractivity contribution < 1.29 is 13.9 Å². The summed E-state index contributed by atoms with van der Waals surface area (Å²) in [6, 6.07) is 7.94. The molecular weight excluding hydrogens is 400 g/mol. The van der Waals surface area contributed by atoms with Gasteiger partial charge in [0.25, 0.3) is 0 Å². The number of benzene rings is 1. The highest BCUT2D eigenvalue weighted by Crippen LogP contribution is 2.44. The zero-order chi connectivity index (χ0) is 22.0. The van der Waals surface area contributed by atoms with Gasteiger partial charge in [0.05, 0.1) is 25.2 Å². The fourth-order valence-electron chi connectivity index (χ4n) is 3.56. The molecule has 0 atom stereocenters. The molecule has 10 nitrogen and oxygen atoms in total. The predicted octanol–water partition coefficient (Wildman–Crippen LogP) is 2.32. The van der Waals surface area contributed by atoms with Gasteiger partial charge >= 0.3 is 5.76 Å². The smallest absolute Gasteiger partial charge is 0.437 e. The third-order valence-corrected chi connectivity index (χ3v) is 5.65. The van der Waals surface area contributed by atoms with E-state index in [4.69, 9.17) is 9.15 Å². The summed E-state index contributed by atoms with van der Waals surface area (Å²) in [6.07, 6.45) is 5.20. The van der Waals surface area contributed by atoms with E-state index in [-0.39, 0.29) is 18.5 Å². The summed E-state index contributed by atoms with van der Waals surface area (Å²) in [7, 11) is 3.50. The number of imidazole rings is 1. The number of ether oxygens (including phenoxy) is 1. The number of hydrogen-bond donors (Lipinski definition) is 0. The fourth-order valence-corrected chi connectivity index (χ4v) is 3.56. The Labute approximate surface area is 178 Å². The summed E-state index contributed by atoms with van der Waals surface area (Å²) in [5, 5.41) is 4.29. The number of aryl methyl sites for hydroxylation is 1. The zero-order valence-corrected chi connectivity index (χ0v) is 17.6. The lowest BCUT2D eigenvalue weighted by Gasteiger charge is -2.34. The molecule has 4 rings (SSSR count). The van der Waals surface area contributed by atoms with Crippen molar-refractivity contribution in [2.45, 2.75) is 38.3 Å². The SMILES string of the molecule is COc1ccc(C2CC(n3nc(CN(C=O)/C=N\c4ncn(C)c4C)oc3=O)C2)cc1. The highest BCUT2D eigenvalue weighted by Gasteiger charge is 2.34. The van der Waals surface area contributed by atoms with Crippen LogP contribution in [0.3, 0.4) is 0 Å². The Morgan fingerprint density at radius 3 is 2.68 bits per heavy atom. The first kappa shape index (κ1) is 20.6. The van der Waals surface area contributed by atoms with Gasteiger partial charge in [0.1, 0.15) is 18.6 Å². The van der Waals surface area contributed by atoms with Crippen molar-refractivity contribution in [3.8, 4) is 5.75 Å². The minimum absolute atomic E-state index is 0.00967. The minimum Gasteiger partial charge on any atom is -0.497 e. The molecule has 3 aromatic rings. The third kappa shape index (κ3) is 4.27. The Kier molecular flexibility index (Phi) is 5.70. The number of carbonyl (C=O) groups is 1. The molecule has 1 fully saturated rings. The number of aliphatic imine (C=N–C) groups is 1. The van der Waals surface area contributed by atoms with E-state index in [1.165, 1.54) is 21.5 Å². The molecule has 162 valence electrons. The molecule has 0 saturated heterocycles. The van der Waals surface area contributed by atoms with E-state index in [0.717, 1.165) is 24.3 Å². The largest absolute Gasteiger partial charge is 0.497 e. The number of hydrogen-bond acceptors (Lipinski definition) is 7. The Morgan fingerprint density at radius 2 is 2.06 bits per heavy atom. The number of amides is 1. The van der Waals surface area contributed by atoms with Gasteiger partial charge in [0.15, 0.2) is 5.82 Å². The van der Waals surface area contributed by atoms with E-state index in [1.807, 2.05) is 42.8 Å². The van der Waals surface area contributed by atoms with Crippen molar-refractivity contribution in [1.29, 1.82) is 0 Å². The molecule has 1 aliphatic carbocycles. The Hall–Kier alpha value is -3.69. The zero-order valence-electron chi connectivity index (χ0n) is 17.6. The Bertz CT molecular complexity index is 1140. The molecule has 0 N–H and O–H groups in total. The molecule has 0 radical (unpaired) electrons. The molecule has 1 saturated carbocycles. The number of carbonyl (C=O) groups excluding carboxylic acids is 1. The minimum atomic E-state index is -0.517.